The van der Waals surface area contributed by atoms with Gasteiger partial charge in [0, 0.05) is 0 Å². The van der Waals surface area contributed by atoms with Crippen molar-refractivity contribution in [2.45, 2.75) is 6.92 Å². The van der Waals surface area contributed by atoms with E-state index in [9.17, 15) is 0 Å². The van der Waals surface area contributed by atoms with Crippen molar-refractivity contribution in [3.8, 4) is 0 Å². The summed E-state index contributed by atoms with van der Waals surface area (Å²) in [7, 11) is 0. The molecule has 4 heavy (non-hydrogen) atoms. The molecule has 0 bridgehead atoms. The molecule has 0 spiro atoms. The van der Waals surface area contributed by atoms with Gasteiger partial charge in [0.2, 0.25) is 0 Å². The van der Waals surface area contributed by atoms with E-state index >= 15 is 0 Å². The van der Waals surface area contributed by atoms with Gasteiger partial charge in [-0.1, -0.05) is 0 Å². The number of rotatable bonds is 0. The summed E-state index contributed by atoms with van der Waals surface area (Å²) in [6.45, 7) is 1.32. The fourth-order valence-electron chi connectivity index (χ4n) is 0. The van der Waals surface area contributed by atoms with E-state index in [0.29, 0.717) is 0 Å². The molecule has 0 aliphatic rings. The Morgan fingerprint density at radius 3 is 1.75 bits per heavy atom. The quantitative estimate of drug-likeness (QED) is 0.213. The summed E-state index contributed by atoms with van der Waals surface area (Å²) < 4.78 is 0. The number of hydrogen-bond acceptors (Lipinski definition) is 1. The molecule has 0 aromatic rings. The molecule has 0 aliphatic heterocycles. The normalized spacial score (nSPS) is 3.25. The molecule has 0 saturated heterocycles. The Kier molecular flexibility index (Phi) is 23.2. The van der Waals surface area contributed by atoms with Crippen LogP contribution in [0, 0.1) is 0 Å². The van der Waals surface area contributed by atoms with E-state index in [2.05, 4.69) is 0 Å². The van der Waals surface area contributed by atoms with E-state index in [4.69, 9.17) is 4.79 Å². The third-order valence-corrected chi connectivity index (χ3v) is 0. The van der Waals surface area contributed by atoms with Crippen molar-refractivity contribution in [1.82, 2.24) is 0 Å². The van der Waals surface area contributed by atoms with E-state index in [1.54, 1.807) is 0 Å². The fraction of sp³-hybridized carbons (Fsp3) is 0.500. The van der Waals surface area contributed by atoms with Crippen LogP contribution in [0.2, 0.25) is 0 Å². The van der Waals surface area contributed by atoms with Gasteiger partial charge in [-0.2, -0.15) is 6.92 Å². The minimum atomic E-state index is 0. The van der Waals surface area contributed by atoms with Gasteiger partial charge in [-0.3, -0.25) is 6.29 Å². The first-order valence-corrected chi connectivity index (χ1v) is 0.704. The zero-order valence-electron chi connectivity index (χ0n) is 2.91. The Hall–Kier alpha value is 0.267. The van der Waals surface area contributed by atoms with Crippen LogP contribution in [0.4, 0.5) is 0 Å². The van der Waals surface area contributed by atoms with Crippen molar-refractivity contribution in [2.24, 2.45) is 0 Å². The van der Waals surface area contributed by atoms with Crippen molar-refractivity contribution >= 4 is 6.29 Å². The van der Waals surface area contributed by atoms with E-state index in [-0.39, 0.29) is 18.9 Å². The van der Waals surface area contributed by atoms with Crippen LogP contribution in [0.25, 0.3) is 0 Å². The van der Waals surface area contributed by atoms with Gasteiger partial charge in [0.1, 0.15) is 0 Å². The minimum Gasteiger partial charge on any atom is -0.542 e. The molecule has 0 atom stereocenters. The second-order valence-electron chi connectivity index (χ2n) is 0.204. The van der Waals surface area contributed by atoms with Gasteiger partial charge in [0.25, 0.3) is 0 Å². The third kappa shape index (κ3) is 50.9. The monoisotopic (exact) mass is 50.0 g/mol. The van der Waals surface area contributed by atoms with E-state index in [1.807, 2.05) is 0 Å². The molecule has 0 aliphatic carbocycles. The molecule has 18 valence electrons. The first-order valence-electron chi connectivity index (χ1n) is 0.704. The largest absolute Gasteiger partial charge is 1.00 e. The van der Waals surface area contributed by atoms with Gasteiger partial charge < -0.3 is 4.79 Å². The molecule has 0 aromatic carbocycles. The molecular formula is C2H3LiO. The van der Waals surface area contributed by atoms with Crippen LogP contribution in [-0.4, -0.2) is 6.29 Å². The van der Waals surface area contributed by atoms with Crippen molar-refractivity contribution in [2.75, 3.05) is 0 Å². The summed E-state index contributed by atoms with van der Waals surface area (Å²) >= 11 is 0. The van der Waals surface area contributed by atoms with Crippen molar-refractivity contribution in [3.05, 3.63) is 0 Å². The first-order chi connectivity index (χ1) is 1.41. The van der Waals surface area contributed by atoms with Crippen LogP contribution in [-0.2, 0) is 4.79 Å². The molecule has 0 amide bonds. The minimum absolute atomic E-state index is 0. The maximum absolute atomic E-state index is 8.68. The molecular weight excluding hydrogens is 47.0 g/mol. The SMILES string of the molecule is C[C-]=O.[Li+]. The van der Waals surface area contributed by atoms with Crippen molar-refractivity contribution < 1.29 is 23.7 Å². The molecule has 1 nitrogen and oxygen atoms in total. The molecule has 0 saturated carbocycles. The number of carbonyl (C=O) groups excluding carboxylic acids is 1. The van der Waals surface area contributed by atoms with Gasteiger partial charge >= 0.3 is 18.9 Å². The summed E-state index contributed by atoms with van der Waals surface area (Å²) in [6.07, 6.45) is 1.50. The molecule has 0 heterocycles. The Labute approximate surface area is 37.6 Å². The molecule has 0 radical (unpaired) electrons. The molecule has 0 N–H and O–H groups in total. The average molecular weight is 50.0 g/mol. The summed E-state index contributed by atoms with van der Waals surface area (Å²) in [5, 5.41) is 0. The molecule has 0 fully saturated rings. The van der Waals surface area contributed by atoms with Crippen LogP contribution in [0.3, 0.4) is 0 Å². The Bertz CT molecular complexity index is 13.5. The predicted molar refractivity (Wildman–Crippen MR) is 11.4 cm³/mol. The van der Waals surface area contributed by atoms with Crippen LogP contribution in [0.5, 0.6) is 0 Å². The van der Waals surface area contributed by atoms with Gasteiger partial charge in [-0.15, -0.1) is 0 Å². The summed E-state index contributed by atoms with van der Waals surface area (Å²) in [4.78, 5) is 8.68. The second-order valence-corrected chi connectivity index (χ2v) is 0.204. The average Bonchev–Trinajstić information content (AvgIpc) is 0.918. The number of hydrogen-bond donors (Lipinski definition) is 0. The molecule has 0 aromatic heterocycles. The van der Waals surface area contributed by atoms with E-state index < -0.39 is 0 Å². The maximum atomic E-state index is 8.68. The summed E-state index contributed by atoms with van der Waals surface area (Å²) in [6, 6.07) is 0. The Morgan fingerprint density at radius 2 is 1.75 bits per heavy atom. The van der Waals surface area contributed by atoms with Crippen molar-refractivity contribution in [3.63, 3.8) is 0 Å². The molecule has 0 rings (SSSR count). The Balaban J connectivity index is 0. The van der Waals surface area contributed by atoms with Gasteiger partial charge in [0.15, 0.2) is 0 Å². The van der Waals surface area contributed by atoms with Crippen LogP contribution >= 0.6 is 0 Å². The topological polar surface area (TPSA) is 17.1 Å². The fourth-order valence-corrected chi connectivity index (χ4v) is 0. The second kappa shape index (κ2) is 10.5. The Morgan fingerprint density at radius 1 is 1.75 bits per heavy atom. The third-order valence-electron chi connectivity index (χ3n) is 0. The predicted octanol–water partition coefficient (Wildman–Crippen LogP) is -2.88. The zero-order valence-corrected chi connectivity index (χ0v) is 2.91. The van der Waals surface area contributed by atoms with Crippen LogP contribution < -0.4 is 18.9 Å². The van der Waals surface area contributed by atoms with Crippen molar-refractivity contribution in [1.29, 1.82) is 0 Å². The van der Waals surface area contributed by atoms with Crippen LogP contribution in [0.15, 0.2) is 0 Å². The zero-order chi connectivity index (χ0) is 2.71. The standard InChI is InChI=1S/C2H3O.Li/c1-2-3;/h1H3;/q-1;+1. The van der Waals surface area contributed by atoms with Crippen LogP contribution in [0.1, 0.15) is 6.92 Å². The van der Waals surface area contributed by atoms with Gasteiger partial charge in [-0.25, -0.2) is 0 Å². The van der Waals surface area contributed by atoms with Gasteiger partial charge in [0.05, 0.1) is 0 Å². The summed E-state index contributed by atoms with van der Waals surface area (Å²) in [5.41, 5.74) is 0. The molecule has 2 heteroatoms. The van der Waals surface area contributed by atoms with E-state index in [1.165, 1.54) is 13.2 Å². The maximum Gasteiger partial charge on any atom is 1.00 e. The first kappa shape index (κ1) is 8.86. The summed E-state index contributed by atoms with van der Waals surface area (Å²) in [5.74, 6) is 0. The molecule has 0 unspecified atom stereocenters. The smallest absolute Gasteiger partial charge is 0.542 e. The van der Waals surface area contributed by atoms with Gasteiger partial charge in [-0.05, 0) is 0 Å². The van der Waals surface area contributed by atoms with E-state index in [0.717, 1.165) is 0 Å².